The fourth-order valence-corrected chi connectivity index (χ4v) is 4.01. The van der Waals surface area contributed by atoms with Crippen LogP contribution in [0.4, 0.5) is 28.4 Å². The fourth-order valence-electron chi connectivity index (χ4n) is 4.01. The Morgan fingerprint density at radius 2 is 0.844 bits per heavy atom. The minimum Gasteiger partial charge on any atom is -0.423 e. The van der Waals surface area contributed by atoms with Gasteiger partial charge >= 0.3 is 11.9 Å². The second kappa shape index (κ2) is 13.7. The number of rotatable bonds is 9. The summed E-state index contributed by atoms with van der Waals surface area (Å²) in [6, 6.07) is 31.0. The van der Waals surface area contributed by atoms with E-state index in [1.165, 1.54) is 42.5 Å². The first-order valence-corrected chi connectivity index (χ1v) is 13.6. The number of nitro groups is 1. The molecule has 11 nitrogen and oxygen atoms in total. The minimum atomic E-state index is -1.02. The van der Waals surface area contributed by atoms with Crippen LogP contribution in [0.15, 0.2) is 136 Å². The maximum Gasteiger partial charge on any atom is 0.350 e. The van der Waals surface area contributed by atoms with Gasteiger partial charge in [-0.3, -0.25) is 10.1 Å². The van der Waals surface area contributed by atoms with Gasteiger partial charge in [0.1, 0.15) is 22.6 Å². The van der Waals surface area contributed by atoms with E-state index in [0.717, 1.165) is 11.1 Å². The standard InChI is InChI=1S/C34H25N5O6/c1-22-6-10-24(11-7-22)35-37-26-14-18-28(19-15-26)44-33(40)30-4-3-5-31(32(30)39(42)43)34(41)45-29-20-16-27(17-21-29)38-36-25-12-8-23(2)9-13-25/h3-21H,1-2H3. The van der Waals surface area contributed by atoms with E-state index in [1.54, 1.807) is 24.3 Å². The van der Waals surface area contributed by atoms with Crippen molar-refractivity contribution in [2.24, 2.45) is 20.5 Å². The van der Waals surface area contributed by atoms with Crippen LogP contribution >= 0.6 is 0 Å². The topological polar surface area (TPSA) is 145 Å². The van der Waals surface area contributed by atoms with E-state index in [2.05, 4.69) is 20.5 Å². The third kappa shape index (κ3) is 7.93. The first kappa shape index (κ1) is 30.1. The molecule has 0 unspecified atom stereocenters. The van der Waals surface area contributed by atoms with Crippen LogP contribution < -0.4 is 9.47 Å². The van der Waals surface area contributed by atoms with Crippen LogP contribution in [0.1, 0.15) is 31.8 Å². The largest absolute Gasteiger partial charge is 0.423 e. The zero-order valence-electron chi connectivity index (χ0n) is 24.2. The highest BCUT2D eigenvalue weighted by Gasteiger charge is 2.30. The van der Waals surface area contributed by atoms with Gasteiger partial charge in [-0.1, -0.05) is 41.5 Å². The number of para-hydroxylation sites is 1. The van der Waals surface area contributed by atoms with E-state index >= 15 is 0 Å². The van der Waals surface area contributed by atoms with E-state index in [1.807, 2.05) is 62.4 Å². The van der Waals surface area contributed by atoms with Crippen LogP contribution in [0.2, 0.25) is 0 Å². The lowest BCUT2D eigenvalue weighted by atomic mass is 10.1. The summed E-state index contributed by atoms with van der Waals surface area (Å²) in [5, 5.41) is 28.6. The molecule has 0 fully saturated rings. The SMILES string of the molecule is Cc1ccc(N=Nc2ccc(OC(=O)c3cccc(C(=O)Oc4ccc(N=Nc5ccc(C)cc5)cc4)c3[N+](=O)[O-])cc2)cc1. The van der Waals surface area contributed by atoms with E-state index in [0.29, 0.717) is 22.7 Å². The molecule has 5 rings (SSSR count). The van der Waals surface area contributed by atoms with Crippen molar-refractivity contribution in [3.63, 3.8) is 0 Å². The summed E-state index contributed by atoms with van der Waals surface area (Å²) in [6.07, 6.45) is 0. The Morgan fingerprint density at radius 1 is 0.533 bits per heavy atom. The molecule has 0 spiro atoms. The van der Waals surface area contributed by atoms with Crippen LogP contribution in [0.25, 0.3) is 0 Å². The zero-order valence-corrected chi connectivity index (χ0v) is 24.2. The van der Waals surface area contributed by atoms with Crippen LogP contribution in [-0.4, -0.2) is 16.9 Å². The van der Waals surface area contributed by atoms with Crippen LogP contribution in [-0.2, 0) is 0 Å². The summed E-state index contributed by atoms with van der Waals surface area (Å²) in [4.78, 5) is 37.1. The van der Waals surface area contributed by atoms with Gasteiger partial charge in [0.2, 0.25) is 0 Å². The Kier molecular flexibility index (Phi) is 9.19. The van der Waals surface area contributed by atoms with Crippen molar-refractivity contribution in [2.45, 2.75) is 13.8 Å². The number of carbonyl (C=O) groups is 2. The van der Waals surface area contributed by atoms with Gasteiger partial charge in [0.25, 0.3) is 5.69 Å². The number of azo groups is 2. The highest BCUT2D eigenvalue weighted by Crippen LogP contribution is 2.29. The van der Waals surface area contributed by atoms with Crippen molar-refractivity contribution >= 4 is 40.4 Å². The molecule has 45 heavy (non-hydrogen) atoms. The maximum atomic E-state index is 13.0. The van der Waals surface area contributed by atoms with Gasteiger partial charge in [0.15, 0.2) is 0 Å². The molecule has 0 saturated heterocycles. The summed E-state index contributed by atoms with van der Waals surface area (Å²) in [6.45, 7) is 3.94. The molecule has 0 heterocycles. The molecule has 5 aromatic carbocycles. The van der Waals surface area contributed by atoms with Crippen molar-refractivity contribution < 1.29 is 24.0 Å². The lowest BCUT2D eigenvalue weighted by Gasteiger charge is -2.09. The third-order valence-electron chi connectivity index (χ3n) is 6.38. The highest BCUT2D eigenvalue weighted by atomic mass is 16.6. The van der Waals surface area contributed by atoms with Crippen molar-refractivity contribution in [3.8, 4) is 11.5 Å². The quantitative estimate of drug-likeness (QED) is 0.0542. The molecule has 0 aliphatic carbocycles. The molecule has 0 radical (unpaired) electrons. The fraction of sp³-hybridized carbons (Fsp3) is 0.0588. The lowest BCUT2D eigenvalue weighted by Crippen LogP contribution is -2.16. The Hall–Kier alpha value is -6.36. The van der Waals surface area contributed by atoms with Gasteiger partial charge in [-0.15, -0.1) is 0 Å². The number of hydrogen-bond acceptors (Lipinski definition) is 10. The summed E-state index contributed by atoms with van der Waals surface area (Å²) >= 11 is 0. The maximum absolute atomic E-state index is 13.0. The van der Waals surface area contributed by atoms with Gasteiger partial charge in [-0.05, 0) is 98.8 Å². The number of nitrogens with zero attached hydrogens (tertiary/aromatic N) is 5. The average molecular weight is 600 g/mol. The van der Waals surface area contributed by atoms with Crippen molar-refractivity contribution in [3.05, 3.63) is 148 Å². The predicted molar refractivity (Wildman–Crippen MR) is 167 cm³/mol. The number of hydrogen-bond donors (Lipinski definition) is 0. The second-order valence-corrected chi connectivity index (χ2v) is 9.80. The van der Waals surface area contributed by atoms with E-state index in [-0.39, 0.29) is 11.5 Å². The predicted octanol–water partition coefficient (Wildman–Crippen LogP) is 9.48. The first-order valence-electron chi connectivity index (χ1n) is 13.6. The summed E-state index contributed by atoms with van der Waals surface area (Å²) in [7, 11) is 0. The van der Waals surface area contributed by atoms with Gasteiger partial charge in [-0.25, -0.2) is 9.59 Å². The van der Waals surface area contributed by atoms with Crippen LogP contribution in [0.3, 0.4) is 0 Å². The summed E-state index contributed by atoms with van der Waals surface area (Å²) < 4.78 is 10.7. The minimum absolute atomic E-state index is 0.121. The Bertz CT molecular complexity index is 1770. The molecule has 11 heteroatoms. The zero-order chi connectivity index (χ0) is 31.8. The molecule has 0 aliphatic heterocycles. The number of carbonyl (C=O) groups excluding carboxylic acids is 2. The van der Waals surface area contributed by atoms with Crippen molar-refractivity contribution in [2.75, 3.05) is 0 Å². The van der Waals surface area contributed by atoms with Gasteiger partial charge < -0.3 is 9.47 Å². The number of esters is 2. The van der Waals surface area contributed by atoms with E-state index in [4.69, 9.17) is 9.47 Å². The second-order valence-electron chi connectivity index (χ2n) is 9.80. The van der Waals surface area contributed by atoms with E-state index in [9.17, 15) is 19.7 Å². The van der Waals surface area contributed by atoms with Crippen molar-refractivity contribution in [1.82, 2.24) is 0 Å². The molecular formula is C34H25N5O6. The van der Waals surface area contributed by atoms with E-state index < -0.39 is 33.7 Å². The molecular weight excluding hydrogens is 574 g/mol. The number of ether oxygens (including phenoxy) is 2. The molecule has 0 aromatic heterocycles. The van der Waals surface area contributed by atoms with Gasteiger partial charge in [0, 0.05) is 0 Å². The molecule has 5 aromatic rings. The summed E-state index contributed by atoms with van der Waals surface area (Å²) in [5.74, 6) is -1.80. The summed E-state index contributed by atoms with van der Waals surface area (Å²) in [5.41, 5.74) is 3.02. The van der Waals surface area contributed by atoms with Crippen LogP contribution in [0, 0.1) is 24.0 Å². The first-order chi connectivity index (χ1) is 21.7. The Balaban J connectivity index is 1.26. The van der Waals surface area contributed by atoms with Crippen molar-refractivity contribution in [1.29, 1.82) is 0 Å². The smallest absolute Gasteiger partial charge is 0.350 e. The van der Waals surface area contributed by atoms with Gasteiger partial charge in [-0.2, -0.15) is 20.5 Å². The molecule has 0 N–H and O–H groups in total. The number of nitro benzene ring substituents is 1. The number of aryl methyl sites for hydroxylation is 2. The number of benzene rings is 5. The molecule has 0 aliphatic rings. The Labute approximate surface area is 257 Å². The molecule has 0 saturated carbocycles. The average Bonchev–Trinajstić information content (AvgIpc) is 3.05. The molecule has 0 atom stereocenters. The molecule has 0 amide bonds. The van der Waals surface area contributed by atoms with Gasteiger partial charge in [0.05, 0.1) is 27.7 Å². The lowest BCUT2D eigenvalue weighted by molar-refractivity contribution is -0.385. The Morgan fingerprint density at radius 3 is 1.16 bits per heavy atom. The van der Waals surface area contributed by atoms with Crippen LogP contribution in [0.5, 0.6) is 11.5 Å². The molecule has 0 bridgehead atoms. The normalized spacial score (nSPS) is 11.1. The monoisotopic (exact) mass is 599 g/mol. The molecule has 222 valence electrons. The third-order valence-corrected chi connectivity index (χ3v) is 6.38. The highest BCUT2D eigenvalue weighted by molar-refractivity contribution is 6.03.